The summed E-state index contributed by atoms with van der Waals surface area (Å²) in [5, 5.41) is 9.20. The molecule has 0 radical (unpaired) electrons. The first-order valence-electron chi connectivity index (χ1n) is 7.46. The second-order valence-electron chi connectivity index (χ2n) is 5.64. The van der Waals surface area contributed by atoms with Crippen molar-refractivity contribution in [2.24, 2.45) is 0 Å². The lowest BCUT2D eigenvalue weighted by Gasteiger charge is -2.34. The molecule has 1 atom stereocenters. The lowest BCUT2D eigenvalue weighted by Crippen LogP contribution is -2.45. The van der Waals surface area contributed by atoms with E-state index in [-0.39, 0.29) is 6.04 Å². The van der Waals surface area contributed by atoms with Gasteiger partial charge >= 0.3 is 5.97 Å². The molecule has 1 N–H and O–H groups in total. The van der Waals surface area contributed by atoms with Crippen LogP contribution in [0.1, 0.15) is 44.9 Å². The Kier molecular flexibility index (Phi) is 5.45. The Balaban J connectivity index is 1.69. The van der Waals surface area contributed by atoms with Gasteiger partial charge in [0.15, 0.2) is 0 Å². The van der Waals surface area contributed by atoms with Gasteiger partial charge in [0.05, 0.1) is 0 Å². The van der Waals surface area contributed by atoms with Gasteiger partial charge in [-0.1, -0.05) is 12.8 Å². The van der Waals surface area contributed by atoms with Crippen LogP contribution in [0.5, 0.6) is 0 Å². The van der Waals surface area contributed by atoms with Gasteiger partial charge in [-0.05, 0) is 58.3 Å². The van der Waals surface area contributed by atoms with Gasteiger partial charge in [0.2, 0.25) is 0 Å². The van der Waals surface area contributed by atoms with Crippen LogP contribution in [0.3, 0.4) is 0 Å². The van der Waals surface area contributed by atoms with E-state index in [1.54, 1.807) is 0 Å². The predicted molar refractivity (Wildman–Crippen MR) is 71.8 cm³/mol. The number of carbonyl (C=O) groups is 1. The van der Waals surface area contributed by atoms with Crippen LogP contribution in [0, 0.1) is 0 Å². The topological polar surface area (TPSA) is 43.8 Å². The van der Waals surface area contributed by atoms with Gasteiger partial charge in [-0.25, -0.2) is 0 Å². The molecule has 2 rings (SSSR count). The Hall–Kier alpha value is -0.610. The smallest absolute Gasteiger partial charge is 0.320 e. The molecule has 18 heavy (non-hydrogen) atoms. The fourth-order valence-electron chi connectivity index (χ4n) is 3.22. The van der Waals surface area contributed by atoms with E-state index in [0.717, 1.165) is 45.3 Å². The maximum Gasteiger partial charge on any atom is 0.320 e. The molecule has 1 unspecified atom stereocenters. The number of hydrogen-bond acceptors (Lipinski definition) is 3. The van der Waals surface area contributed by atoms with Crippen LogP contribution in [0.25, 0.3) is 0 Å². The first kappa shape index (κ1) is 13.8. The van der Waals surface area contributed by atoms with Crippen LogP contribution in [0.15, 0.2) is 0 Å². The summed E-state index contributed by atoms with van der Waals surface area (Å²) in [6.45, 7) is 5.54. The molecule has 2 fully saturated rings. The number of carboxylic acid groups (broad SMARTS) is 1. The number of hydrogen-bond donors (Lipinski definition) is 1. The largest absolute Gasteiger partial charge is 0.480 e. The number of nitrogens with zero attached hydrogens (tertiary/aromatic N) is 2. The van der Waals surface area contributed by atoms with Gasteiger partial charge in [-0.2, -0.15) is 0 Å². The van der Waals surface area contributed by atoms with Crippen molar-refractivity contribution in [3.8, 4) is 0 Å². The lowest BCUT2D eigenvalue weighted by atomic mass is 10.0. The van der Waals surface area contributed by atoms with Gasteiger partial charge in [-0.15, -0.1) is 0 Å². The Bertz CT molecular complexity index is 265. The molecule has 2 aliphatic rings. The normalized spacial score (nSPS) is 27.2. The molecule has 0 amide bonds. The minimum Gasteiger partial charge on any atom is -0.480 e. The molecule has 0 aromatic rings. The van der Waals surface area contributed by atoms with Crippen LogP contribution in [-0.4, -0.2) is 59.6 Å². The molecule has 0 bridgehead atoms. The van der Waals surface area contributed by atoms with E-state index < -0.39 is 5.97 Å². The Labute approximate surface area is 110 Å². The third kappa shape index (κ3) is 3.95. The van der Waals surface area contributed by atoms with Crippen molar-refractivity contribution in [2.75, 3.05) is 32.7 Å². The number of piperidine rings is 2. The Morgan fingerprint density at radius 3 is 2.44 bits per heavy atom. The summed E-state index contributed by atoms with van der Waals surface area (Å²) in [4.78, 5) is 15.9. The Morgan fingerprint density at radius 1 is 1.00 bits per heavy atom. The highest BCUT2D eigenvalue weighted by Gasteiger charge is 2.27. The van der Waals surface area contributed by atoms with E-state index in [1.807, 2.05) is 0 Å². The standard InChI is InChI=1S/C14H26N2O2/c17-14(18)13-7-2-5-11-16(13)12-6-10-15-8-3-1-4-9-15/h13H,1-12H2,(H,17,18). The summed E-state index contributed by atoms with van der Waals surface area (Å²) in [6, 6.07) is -0.222. The van der Waals surface area contributed by atoms with Gasteiger partial charge in [0.1, 0.15) is 6.04 Å². The van der Waals surface area contributed by atoms with E-state index in [2.05, 4.69) is 9.80 Å². The third-order valence-corrected chi connectivity index (χ3v) is 4.27. The fourth-order valence-corrected chi connectivity index (χ4v) is 3.22. The van der Waals surface area contributed by atoms with Crippen LogP contribution < -0.4 is 0 Å². The van der Waals surface area contributed by atoms with Gasteiger partial charge in [0.25, 0.3) is 0 Å². The van der Waals surface area contributed by atoms with Gasteiger partial charge < -0.3 is 10.0 Å². The zero-order chi connectivity index (χ0) is 12.8. The summed E-state index contributed by atoms with van der Waals surface area (Å²) in [6.07, 6.45) is 8.22. The Morgan fingerprint density at radius 2 is 1.72 bits per heavy atom. The molecule has 2 heterocycles. The summed E-state index contributed by atoms with van der Waals surface area (Å²) in [5.74, 6) is -0.632. The van der Waals surface area contributed by atoms with Gasteiger partial charge in [-0.3, -0.25) is 9.69 Å². The van der Waals surface area contributed by atoms with Gasteiger partial charge in [0, 0.05) is 6.54 Å². The highest BCUT2D eigenvalue weighted by Crippen LogP contribution is 2.17. The van der Waals surface area contributed by atoms with E-state index in [9.17, 15) is 9.90 Å². The molecule has 0 saturated carbocycles. The lowest BCUT2D eigenvalue weighted by molar-refractivity contribution is -0.144. The molecule has 2 aliphatic heterocycles. The van der Waals surface area contributed by atoms with Crippen molar-refractivity contribution >= 4 is 5.97 Å². The van der Waals surface area contributed by atoms with Crippen molar-refractivity contribution in [2.45, 2.75) is 51.0 Å². The molecule has 0 spiro atoms. The first-order valence-corrected chi connectivity index (χ1v) is 7.46. The maximum atomic E-state index is 11.2. The minimum atomic E-state index is -0.632. The summed E-state index contributed by atoms with van der Waals surface area (Å²) in [5.41, 5.74) is 0. The van der Waals surface area contributed by atoms with E-state index >= 15 is 0 Å². The SMILES string of the molecule is O=C(O)C1CCCCN1CCCN1CCCCC1. The van der Waals surface area contributed by atoms with Crippen LogP contribution in [0.4, 0.5) is 0 Å². The molecule has 0 aliphatic carbocycles. The molecule has 0 aromatic carbocycles. The van der Waals surface area contributed by atoms with E-state index in [0.29, 0.717) is 0 Å². The summed E-state index contributed by atoms with van der Waals surface area (Å²) in [7, 11) is 0. The van der Waals surface area contributed by atoms with Crippen molar-refractivity contribution in [3.63, 3.8) is 0 Å². The second-order valence-corrected chi connectivity index (χ2v) is 5.64. The molecule has 104 valence electrons. The van der Waals surface area contributed by atoms with E-state index in [1.165, 1.54) is 32.4 Å². The molecule has 4 nitrogen and oxygen atoms in total. The van der Waals surface area contributed by atoms with E-state index in [4.69, 9.17) is 0 Å². The predicted octanol–water partition coefficient (Wildman–Crippen LogP) is 1.80. The molecular weight excluding hydrogens is 228 g/mol. The van der Waals surface area contributed by atoms with Crippen molar-refractivity contribution in [1.82, 2.24) is 9.80 Å². The monoisotopic (exact) mass is 254 g/mol. The molecule has 2 saturated heterocycles. The average Bonchev–Trinajstić information content (AvgIpc) is 2.40. The number of carboxylic acids is 1. The second kappa shape index (κ2) is 7.10. The maximum absolute atomic E-state index is 11.2. The number of likely N-dealkylation sites (tertiary alicyclic amines) is 2. The van der Waals surface area contributed by atoms with Crippen molar-refractivity contribution < 1.29 is 9.90 Å². The summed E-state index contributed by atoms with van der Waals surface area (Å²) < 4.78 is 0. The third-order valence-electron chi connectivity index (χ3n) is 4.27. The first-order chi connectivity index (χ1) is 8.77. The molecular formula is C14H26N2O2. The molecule has 4 heteroatoms. The zero-order valence-electron chi connectivity index (χ0n) is 11.3. The average molecular weight is 254 g/mol. The van der Waals surface area contributed by atoms with Crippen LogP contribution in [-0.2, 0) is 4.79 Å². The van der Waals surface area contributed by atoms with Crippen LogP contribution in [0.2, 0.25) is 0 Å². The fraction of sp³-hybridized carbons (Fsp3) is 0.929. The van der Waals surface area contributed by atoms with Crippen molar-refractivity contribution in [1.29, 1.82) is 0 Å². The highest BCUT2D eigenvalue weighted by atomic mass is 16.4. The molecule has 0 aromatic heterocycles. The van der Waals surface area contributed by atoms with Crippen LogP contribution >= 0.6 is 0 Å². The summed E-state index contributed by atoms with van der Waals surface area (Å²) >= 11 is 0. The highest BCUT2D eigenvalue weighted by molar-refractivity contribution is 5.73. The zero-order valence-corrected chi connectivity index (χ0v) is 11.3. The quantitative estimate of drug-likeness (QED) is 0.812. The number of rotatable bonds is 5. The number of aliphatic carboxylic acids is 1. The van der Waals surface area contributed by atoms with Crippen molar-refractivity contribution in [3.05, 3.63) is 0 Å². The minimum absolute atomic E-state index is 0.222.